The largest absolute Gasteiger partial charge is 0.325 e. The second-order valence-electron chi connectivity index (χ2n) is 6.50. The van der Waals surface area contributed by atoms with Crippen LogP contribution in [0.4, 0.5) is 10.5 Å². The molecule has 1 saturated carbocycles. The zero-order valence-corrected chi connectivity index (χ0v) is 15.6. The minimum atomic E-state index is -0.822. The van der Waals surface area contributed by atoms with Gasteiger partial charge in [0.15, 0.2) is 0 Å². The third kappa shape index (κ3) is 3.13. The minimum Gasteiger partial charge on any atom is -0.324 e. The lowest BCUT2D eigenvalue weighted by atomic mass is 9.73. The van der Waals surface area contributed by atoms with Crippen LogP contribution in [0.3, 0.4) is 0 Å². The predicted molar refractivity (Wildman–Crippen MR) is 98.4 cm³/mol. The van der Waals surface area contributed by atoms with E-state index < -0.39 is 11.6 Å². The van der Waals surface area contributed by atoms with E-state index in [1.165, 1.54) is 0 Å². The Morgan fingerprint density at radius 3 is 2.92 bits per heavy atom. The Kier molecular flexibility index (Phi) is 4.80. The van der Waals surface area contributed by atoms with Gasteiger partial charge >= 0.3 is 6.03 Å². The maximum Gasteiger partial charge on any atom is 0.325 e. The average molecular weight is 441 g/mol. The molecule has 4 amide bonds. The molecule has 2 atom stereocenters. The maximum atomic E-state index is 12.8. The van der Waals surface area contributed by atoms with E-state index in [0.717, 1.165) is 27.7 Å². The van der Waals surface area contributed by atoms with Gasteiger partial charge in [0.2, 0.25) is 5.91 Å². The van der Waals surface area contributed by atoms with Crippen LogP contribution >= 0.6 is 22.6 Å². The van der Waals surface area contributed by atoms with Crippen molar-refractivity contribution < 1.29 is 14.4 Å². The zero-order chi connectivity index (χ0) is 17.3. The first kappa shape index (κ1) is 17.2. The fourth-order valence-electron chi connectivity index (χ4n) is 3.55. The Hall–Kier alpha value is -1.64. The van der Waals surface area contributed by atoms with Crippen molar-refractivity contribution in [3.63, 3.8) is 0 Å². The summed E-state index contributed by atoms with van der Waals surface area (Å²) < 4.78 is 0.996. The number of rotatable bonds is 3. The van der Waals surface area contributed by atoms with Crippen LogP contribution in [0.25, 0.3) is 0 Å². The number of imide groups is 1. The van der Waals surface area contributed by atoms with Gasteiger partial charge in [-0.2, -0.15) is 0 Å². The summed E-state index contributed by atoms with van der Waals surface area (Å²) in [6.45, 7) is 1.73. The van der Waals surface area contributed by atoms with Gasteiger partial charge in [-0.1, -0.05) is 25.8 Å². The van der Waals surface area contributed by atoms with Crippen molar-refractivity contribution in [3.05, 3.63) is 27.8 Å². The van der Waals surface area contributed by atoms with Crippen molar-refractivity contribution in [2.24, 2.45) is 5.92 Å². The van der Waals surface area contributed by atoms with E-state index in [2.05, 4.69) is 33.2 Å². The summed E-state index contributed by atoms with van der Waals surface area (Å²) >= 11 is 2.16. The number of carbonyl (C=O) groups is 3. The van der Waals surface area contributed by atoms with Crippen LogP contribution in [0.1, 0.15) is 32.6 Å². The van der Waals surface area contributed by atoms with Crippen LogP contribution in [-0.4, -0.2) is 34.8 Å². The monoisotopic (exact) mass is 441 g/mol. The average Bonchev–Trinajstić information content (AvgIpc) is 2.75. The first-order valence-corrected chi connectivity index (χ1v) is 9.20. The van der Waals surface area contributed by atoms with Crippen molar-refractivity contribution in [3.8, 4) is 0 Å². The molecule has 1 aliphatic carbocycles. The molecule has 0 radical (unpaired) electrons. The molecule has 1 heterocycles. The van der Waals surface area contributed by atoms with E-state index >= 15 is 0 Å². The molecule has 3 rings (SSSR count). The molecule has 1 spiro atoms. The number of urea groups is 1. The number of halogens is 1. The van der Waals surface area contributed by atoms with Crippen molar-refractivity contribution >= 4 is 46.1 Å². The predicted octanol–water partition coefficient (Wildman–Crippen LogP) is 2.73. The van der Waals surface area contributed by atoms with Gasteiger partial charge in [0.05, 0.1) is 0 Å². The molecule has 2 aliphatic rings. The number of nitrogens with zero attached hydrogens (tertiary/aromatic N) is 1. The minimum absolute atomic E-state index is 0.0893. The normalized spacial score (nSPS) is 26.6. The van der Waals surface area contributed by atoms with Crippen molar-refractivity contribution in [2.75, 3.05) is 11.9 Å². The highest BCUT2D eigenvalue weighted by molar-refractivity contribution is 14.1. The Morgan fingerprint density at radius 2 is 2.21 bits per heavy atom. The lowest BCUT2D eigenvalue weighted by Crippen LogP contribution is -2.54. The molecule has 7 heteroatoms. The van der Waals surface area contributed by atoms with Gasteiger partial charge in [-0.05, 0) is 59.5 Å². The molecule has 2 fully saturated rings. The van der Waals surface area contributed by atoms with Gasteiger partial charge in [-0.3, -0.25) is 14.5 Å². The number of anilines is 1. The molecule has 0 unspecified atom stereocenters. The Labute approximate surface area is 154 Å². The molecule has 6 nitrogen and oxygen atoms in total. The first-order chi connectivity index (χ1) is 11.4. The van der Waals surface area contributed by atoms with Gasteiger partial charge in [0, 0.05) is 9.26 Å². The second-order valence-corrected chi connectivity index (χ2v) is 7.74. The smallest absolute Gasteiger partial charge is 0.324 e. The van der Waals surface area contributed by atoms with Crippen molar-refractivity contribution in [1.82, 2.24) is 10.2 Å². The second kappa shape index (κ2) is 6.70. The molecule has 24 heavy (non-hydrogen) atoms. The third-order valence-corrected chi connectivity index (χ3v) is 5.58. The third-order valence-electron chi connectivity index (χ3n) is 4.91. The zero-order valence-electron chi connectivity index (χ0n) is 13.5. The highest BCUT2D eigenvalue weighted by Gasteiger charge is 2.55. The van der Waals surface area contributed by atoms with Crippen molar-refractivity contribution in [1.29, 1.82) is 0 Å². The van der Waals surface area contributed by atoms with Crippen LogP contribution in [-0.2, 0) is 9.59 Å². The Balaban J connectivity index is 1.70. The molecular formula is C17H20IN3O3. The van der Waals surface area contributed by atoms with Gasteiger partial charge in [-0.15, -0.1) is 0 Å². The summed E-state index contributed by atoms with van der Waals surface area (Å²) in [5.74, 6) is -0.551. The van der Waals surface area contributed by atoms with Crippen LogP contribution in [0.5, 0.6) is 0 Å². The van der Waals surface area contributed by atoms with Gasteiger partial charge in [0.25, 0.3) is 5.91 Å². The molecule has 1 aliphatic heterocycles. The van der Waals surface area contributed by atoms with E-state index in [9.17, 15) is 14.4 Å². The Morgan fingerprint density at radius 1 is 1.42 bits per heavy atom. The summed E-state index contributed by atoms with van der Waals surface area (Å²) in [7, 11) is 0. The number of hydrogen-bond acceptors (Lipinski definition) is 3. The fourth-order valence-corrected chi connectivity index (χ4v) is 4.09. The van der Waals surface area contributed by atoms with E-state index in [1.807, 2.05) is 25.1 Å². The lowest BCUT2D eigenvalue weighted by molar-refractivity contribution is -0.136. The molecule has 1 aromatic carbocycles. The number of benzene rings is 1. The summed E-state index contributed by atoms with van der Waals surface area (Å²) in [6.07, 6.45) is 3.54. The number of nitrogens with one attached hydrogen (secondary N) is 2. The first-order valence-electron chi connectivity index (χ1n) is 8.12. The molecular weight excluding hydrogens is 421 g/mol. The van der Waals surface area contributed by atoms with Crippen LogP contribution in [0.15, 0.2) is 24.3 Å². The quantitative estimate of drug-likeness (QED) is 0.560. The van der Waals surface area contributed by atoms with Crippen LogP contribution in [0.2, 0.25) is 0 Å². The Bertz CT molecular complexity index is 693. The maximum absolute atomic E-state index is 12.8. The van der Waals surface area contributed by atoms with Gasteiger partial charge < -0.3 is 10.6 Å². The number of hydrogen-bond donors (Lipinski definition) is 2. The summed E-state index contributed by atoms with van der Waals surface area (Å²) in [6, 6.07) is 6.89. The van der Waals surface area contributed by atoms with Crippen LogP contribution in [0, 0.1) is 9.49 Å². The molecule has 0 bridgehead atoms. The summed E-state index contributed by atoms with van der Waals surface area (Å²) in [5, 5.41) is 5.59. The molecule has 1 saturated heterocycles. The number of carbonyl (C=O) groups excluding carboxylic acids is 3. The highest BCUT2D eigenvalue weighted by atomic mass is 127. The van der Waals surface area contributed by atoms with Gasteiger partial charge in [-0.25, -0.2) is 4.79 Å². The topological polar surface area (TPSA) is 78.5 Å². The van der Waals surface area contributed by atoms with Gasteiger partial charge in [0.1, 0.15) is 12.1 Å². The fraction of sp³-hybridized carbons (Fsp3) is 0.471. The van der Waals surface area contributed by atoms with E-state index in [0.29, 0.717) is 12.1 Å². The highest BCUT2D eigenvalue weighted by Crippen LogP contribution is 2.38. The molecule has 128 valence electrons. The van der Waals surface area contributed by atoms with E-state index in [1.54, 1.807) is 6.07 Å². The number of amides is 4. The molecule has 2 N–H and O–H groups in total. The van der Waals surface area contributed by atoms with E-state index in [4.69, 9.17) is 0 Å². The molecule has 1 aromatic rings. The SMILES string of the molecule is C[C@H]1CCCC[C@@]12NC(=O)N(CC(=O)Nc1cccc(I)c1)C2=O. The molecule has 0 aromatic heterocycles. The van der Waals surface area contributed by atoms with E-state index in [-0.39, 0.29) is 24.3 Å². The van der Waals surface area contributed by atoms with Crippen molar-refractivity contribution in [2.45, 2.75) is 38.1 Å². The standard InChI is InChI=1S/C17H20IN3O3/c1-11-5-2-3-8-17(11)15(23)21(16(24)20-17)10-14(22)19-13-7-4-6-12(18)9-13/h4,6-7,9,11H,2-3,5,8,10H2,1H3,(H,19,22)(H,20,24)/t11-,17+/m0/s1. The summed E-state index contributed by atoms with van der Waals surface area (Å²) in [5.41, 5.74) is -0.169. The lowest BCUT2D eigenvalue weighted by Gasteiger charge is -2.36. The van der Waals surface area contributed by atoms with Crippen LogP contribution < -0.4 is 10.6 Å². The summed E-state index contributed by atoms with van der Waals surface area (Å²) in [4.78, 5) is 38.3.